The third-order valence-corrected chi connectivity index (χ3v) is 3.11. The molecule has 0 radical (unpaired) electrons. The van der Waals surface area contributed by atoms with Gasteiger partial charge in [-0.05, 0) is 25.6 Å². The first kappa shape index (κ1) is 12.8. The van der Waals surface area contributed by atoms with Gasteiger partial charge in [-0.1, -0.05) is 11.6 Å². The van der Waals surface area contributed by atoms with E-state index >= 15 is 0 Å². The highest BCUT2D eigenvalue weighted by atomic mass is 35.5. The maximum atomic E-state index is 12.0. The first-order valence-electron chi connectivity index (χ1n) is 4.36. The number of halogens is 4. The Kier molecular flexibility index (Phi) is 4.43. The molecule has 0 aliphatic carbocycles. The summed E-state index contributed by atoms with van der Waals surface area (Å²) in [6, 6.07) is 3.60. The van der Waals surface area contributed by atoms with Crippen molar-refractivity contribution in [3.63, 3.8) is 0 Å². The van der Waals surface area contributed by atoms with E-state index in [-0.39, 0.29) is 0 Å². The highest BCUT2D eigenvalue weighted by molar-refractivity contribution is 7.16. The van der Waals surface area contributed by atoms with Gasteiger partial charge in [-0.3, -0.25) is 4.90 Å². The summed E-state index contributed by atoms with van der Waals surface area (Å²) in [7, 11) is 1.46. The standard InChI is InChI=1S/C9H11ClF3NS/c1-14(6-9(11,12)13)5-4-7-2-3-8(10)15-7/h2-3H,4-6H2,1H3. The summed E-state index contributed by atoms with van der Waals surface area (Å²) < 4.78 is 36.6. The average Bonchev–Trinajstić information content (AvgIpc) is 2.45. The van der Waals surface area contributed by atoms with Gasteiger partial charge in [0.25, 0.3) is 0 Å². The monoisotopic (exact) mass is 257 g/mol. The molecular weight excluding hydrogens is 247 g/mol. The van der Waals surface area contributed by atoms with Crippen molar-refractivity contribution in [2.75, 3.05) is 20.1 Å². The Hall–Kier alpha value is -0.260. The molecule has 1 rings (SSSR count). The molecule has 0 spiro atoms. The van der Waals surface area contributed by atoms with Crippen molar-refractivity contribution in [1.29, 1.82) is 0 Å². The predicted octanol–water partition coefficient (Wildman–Crippen LogP) is 3.44. The summed E-state index contributed by atoms with van der Waals surface area (Å²) in [6.45, 7) is -0.484. The SMILES string of the molecule is CN(CCc1ccc(Cl)s1)CC(F)(F)F. The van der Waals surface area contributed by atoms with Crippen LogP contribution >= 0.6 is 22.9 Å². The van der Waals surface area contributed by atoms with Crippen LogP contribution in [0.2, 0.25) is 4.34 Å². The van der Waals surface area contributed by atoms with Crippen molar-refractivity contribution >= 4 is 22.9 Å². The zero-order chi connectivity index (χ0) is 11.5. The van der Waals surface area contributed by atoms with Crippen molar-refractivity contribution in [1.82, 2.24) is 4.90 Å². The lowest BCUT2D eigenvalue weighted by Gasteiger charge is -2.17. The Bertz CT molecular complexity index is 311. The van der Waals surface area contributed by atoms with Gasteiger partial charge in [-0.15, -0.1) is 11.3 Å². The number of hydrogen-bond acceptors (Lipinski definition) is 2. The van der Waals surface area contributed by atoms with Crippen LogP contribution in [-0.4, -0.2) is 31.2 Å². The lowest BCUT2D eigenvalue weighted by Crippen LogP contribution is -2.32. The van der Waals surface area contributed by atoms with Crippen LogP contribution in [0.15, 0.2) is 12.1 Å². The van der Waals surface area contributed by atoms with E-state index < -0.39 is 12.7 Å². The highest BCUT2D eigenvalue weighted by Crippen LogP contribution is 2.22. The number of hydrogen-bond donors (Lipinski definition) is 0. The predicted molar refractivity (Wildman–Crippen MR) is 56.6 cm³/mol. The molecule has 1 aromatic rings. The molecule has 0 saturated carbocycles. The zero-order valence-corrected chi connectivity index (χ0v) is 9.72. The van der Waals surface area contributed by atoms with Gasteiger partial charge in [0.1, 0.15) is 0 Å². The lowest BCUT2D eigenvalue weighted by molar-refractivity contribution is -0.142. The number of thiophene rings is 1. The lowest BCUT2D eigenvalue weighted by atomic mass is 10.3. The quantitative estimate of drug-likeness (QED) is 0.799. The average molecular weight is 258 g/mol. The molecular formula is C9H11ClF3NS. The van der Waals surface area contributed by atoms with Crippen LogP contribution in [0, 0.1) is 0 Å². The second kappa shape index (κ2) is 5.18. The molecule has 0 amide bonds. The number of nitrogens with zero attached hydrogens (tertiary/aromatic N) is 1. The van der Waals surface area contributed by atoms with E-state index in [1.54, 1.807) is 6.07 Å². The van der Waals surface area contributed by atoms with Crippen LogP contribution in [0.1, 0.15) is 4.88 Å². The second-order valence-corrected chi connectivity index (χ2v) is 5.11. The van der Waals surface area contributed by atoms with Crippen molar-refractivity contribution in [3.8, 4) is 0 Å². The number of rotatable bonds is 4. The molecule has 0 atom stereocenters. The maximum absolute atomic E-state index is 12.0. The molecule has 0 aromatic carbocycles. The van der Waals surface area contributed by atoms with Crippen molar-refractivity contribution in [2.45, 2.75) is 12.6 Å². The molecule has 0 bridgehead atoms. The Labute approximate surface area is 95.5 Å². The second-order valence-electron chi connectivity index (χ2n) is 3.31. The summed E-state index contributed by atoms with van der Waals surface area (Å²) in [6.07, 6.45) is -3.52. The minimum atomic E-state index is -4.12. The summed E-state index contributed by atoms with van der Waals surface area (Å²) in [5.74, 6) is 0. The van der Waals surface area contributed by atoms with Gasteiger partial charge in [0.05, 0.1) is 10.9 Å². The largest absolute Gasteiger partial charge is 0.401 e. The summed E-state index contributed by atoms with van der Waals surface area (Å²) in [4.78, 5) is 2.27. The molecule has 0 fully saturated rings. The Morgan fingerprint density at radius 2 is 2.07 bits per heavy atom. The third kappa shape index (κ3) is 5.39. The normalized spacial score (nSPS) is 12.4. The van der Waals surface area contributed by atoms with Crippen LogP contribution in [0.4, 0.5) is 13.2 Å². The fraction of sp³-hybridized carbons (Fsp3) is 0.556. The first-order valence-corrected chi connectivity index (χ1v) is 5.56. The molecule has 86 valence electrons. The van der Waals surface area contributed by atoms with Gasteiger partial charge in [0.15, 0.2) is 0 Å². The van der Waals surface area contributed by atoms with E-state index in [1.165, 1.54) is 23.3 Å². The van der Waals surface area contributed by atoms with E-state index in [1.807, 2.05) is 6.07 Å². The summed E-state index contributed by atoms with van der Waals surface area (Å²) in [5, 5.41) is 0. The fourth-order valence-electron chi connectivity index (χ4n) is 1.17. The van der Waals surface area contributed by atoms with Crippen LogP contribution in [0.3, 0.4) is 0 Å². The number of alkyl halides is 3. The van der Waals surface area contributed by atoms with Gasteiger partial charge < -0.3 is 0 Å². The topological polar surface area (TPSA) is 3.24 Å². The molecule has 1 heterocycles. The van der Waals surface area contributed by atoms with E-state index in [0.29, 0.717) is 17.3 Å². The molecule has 6 heteroatoms. The van der Waals surface area contributed by atoms with E-state index in [2.05, 4.69) is 0 Å². The summed E-state index contributed by atoms with van der Waals surface area (Å²) in [5.41, 5.74) is 0. The molecule has 0 unspecified atom stereocenters. The summed E-state index contributed by atoms with van der Waals surface area (Å²) >= 11 is 7.11. The minimum absolute atomic E-state index is 0.385. The van der Waals surface area contributed by atoms with Gasteiger partial charge in [-0.25, -0.2) is 0 Å². The van der Waals surface area contributed by atoms with Crippen molar-refractivity contribution in [3.05, 3.63) is 21.3 Å². The van der Waals surface area contributed by atoms with Gasteiger partial charge >= 0.3 is 6.18 Å². The van der Waals surface area contributed by atoms with E-state index in [0.717, 1.165) is 4.88 Å². The van der Waals surface area contributed by atoms with E-state index in [9.17, 15) is 13.2 Å². The zero-order valence-electron chi connectivity index (χ0n) is 8.14. The molecule has 1 aromatic heterocycles. The van der Waals surface area contributed by atoms with Crippen LogP contribution < -0.4 is 0 Å². The smallest absolute Gasteiger partial charge is 0.298 e. The minimum Gasteiger partial charge on any atom is -0.298 e. The van der Waals surface area contributed by atoms with E-state index in [4.69, 9.17) is 11.6 Å². The Balaban J connectivity index is 2.31. The molecule has 1 nitrogen and oxygen atoms in total. The highest BCUT2D eigenvalue weighted by Gasteiger charge is 2.28. The van der Waals surface area contributed by atoms with Crippen molar-refractivity contribution < 1.29 is 13.2 Å². The van der Waals surface area contributed by atoms with Crippen LogP contribution in [-0.2, 0) is 6.42 Å². The van der Waals surface area contributed by atoms with Crippen LogP contribution in [0.25, 0.3) is 0 Å². The first-order chi connectivity index (χ1) is 6.87. The van der Waals surface area contributed by atoms with Crippen LogP contribution in [0.5, 0.6) is 0 Å². The van der Waals surface area contributed by atoms with Crippen molar-refractivity contribution in [2.24, 2.45) is 0 Å². The third-order valence-electron chi connectivity index (χ3n) is 1.82. The van der Waals surface area contributed by atoms with Gasteiger partial charge in [0, 0.05) is 11.4 Å². The maximum Gasteiger partial charge on any atom is 0.401 e. The Morgan fingerprint density at radius 3 is 2.53 bits per heavy atom. The van der Waals surface area contributed by atoms with Gasteiger partial charge in [-0.2, -0.15) is 13.2 Å². The molecule has 0 saturated heterocycles. The molecule has 0 N–H and O–H groups in total. The van der Waals surface area contributed by atoms with Gasteiger partial charge in [0.2, 0.25) is 0 Å². The molecule has 15 heavy (non-hydrogen) atoms. The number of likely N-dealkylation sites (N-methyl/N-ethyl adjacent to an activating group) is 1. The molecule has 0 aliphatic heterocycles. The molecule has 0 aliphatic rings. The fourth-order valence-corrected chi connectivity index (χ4v) is 2.25. The Morgan fingerprint density at radius 1 is 1.40 bits per heavy atom.